The standard InChI is InChI=1S/C16H23BrFNO/c1-3-16(2,19-8-4-5-9-19)15(20)11-12-6-7-14(18)13(17)10-12/h6-7,10,15,20H,3-5,8-9,11H2,1-2H3. The predicted molar refractivity (Wildman–Crippen MR) is 83.3 cm³/mol. The van der Waals surface area contributed by atoms with E-state index in [0.717, 1.165) is 25.1 Å². The highest BCUT2D eigenvalue weighted by Gasteiger charge is 2.38. The summed E-state index contributed by atoms with van der Waals surface area (Å²) in [6.07, 6.45) is 3.45. The fourth-order valence-electron chi connectivity index (χ4n) is 3.01. The molecule has 2 rings (SSSR count). The van der Waals surface area contributed by atoms with Gasteiger partial charge in [-0.1, -0.05) is 13.0 Å². The van der Waals surface area contributed by atoms with Crippen LogP contribution in [0.15, 0.2) is 22.7 Å². The van der Waals surface area contributed by atoms with Gasteiger partial charge in [0.25, 0.3) is 0 Å². The Kier molecular flexibility index (Phi) is 5.21. The van der Waals surface area contributed by atoms with Crippen molar-refractivity contribution >= 4 is 15.9 Å². The Morgan fingerprint density at radius 2 is 2.05 bits per heavy atom. The average Bonchev–Trinajstić information content (AvgIpc) is 2.96. The van der Waals surface area contributed by atoms with Crippen LogP contribution in [0.4, 0.5) is 4.39 Å². The number of rotatable bonds is 5. The number of aliphatic hydroxyl groups excluding tert-OH is 1. The molecular weight excluding hydrogens is 321 g/mol. The molecule has 20 heavy (non-hydrogen) atoms. The third-order valence-electron chi connectivity index (χ3n) is 4.68. The van der Waals surface area contributed by atoms with Crippen LogP contribution in [-0.4, -0.2) is 34.7 Å². The first-order valence-electron chi connectivity index (χ1n) is 7.34. The molecular formula is C16H23BrFNO. The Bertz CT molecular complexity index is 462. The number of hydrogen-bond donors (Lipinski definition) is 1. The molecule has 0 radical (unpaired) electrons. The summed E-state index contributed by atoms with van der Waals surface area (Å²) < 4.78 is 13.7. The van der Waals surface area contributed by atoms with Crippen molar-refractivity contribution in [3.05, 3.63) is 34.1 Å². The zero-order valence-electron chi connectivity index (χ0n) is 12.2. The summed E-state index contributed by atoms with van der Waals surface area (Å²) in [7, 11) is 0. The number of nitrogens with zero attached hydrogens (tertiary/aromatic N) is 1. The van der Waals surface area contributed by atoms with Gasteiger partial charge in [-0.15, -0.1) is 0 Å². The van der Waals surface area contributed by atoms with Crippen LogP contribution in [0.3, 0.4) is 0 Å². The van der Waals surface area contributed by atoms with E-state index in [4.69, 9.17) is 0 Å². The van der Waals surface area contributed by atoms with Crippen molar-refractivity contribution in [1.29, 1.82) is 0 Å². The lowest BCUT2D eigenvalue weighted by Crippen LogP contribution is -2.53. The van der Waals surface area contributed by atoms with Gasteiger partial charge in [-0.25, -0.2) is 4.39 Å². The van der Waals surface area contributed by atoms with Gasteiger partial charge in [-0.3, -0.25) is 4.90 Å². The lowest BCUT2D eigenvalue weighted by atomic mass is 9.86. The molecule has 0 saturated carbocycles. The van der Waals surface area contributed by atoms with Crippen LogP contribution in [0.1, 0.15) is 38.7 Å². The third-order valence-corrected chi connectivity index (χ3v) is 5.28. The minimum atomic E-state index is -0.442. The van der Waals surface area contributed by atoms with Crippen LogP contribution < -0.4 is 0 Å². The summed E-state index contributed by atoms with van der Waals surface area (Å²) in [5.74, 6) is -0.263. The summed E-state index contributed by atoms with van der Waals surface area (Å²) in [6, 6.07) is 4.97. The predicted octanol–water partition coefficient (Wildman–Crippen LogP) is 3.76. The van der Waals surface area contributed by atoms with Gasteiger partial charge in [0, 0.05) is 12.0 Å². The minimum absolute atomic E-state index is 0.197. The second-order valence-electron chi connectivity index (χ2n) is 5.87. The largest absolute Gasteiger partial charge is 0.391 e. The minimum Gasteiger partial charge on any atom is -0.391 e. The first kappa shape index (κ1) is 15.9. The Hall–Kier alpha value is -0.450. The molecule has 2 atom stereocenters. The van der Waals surface area contributed by atoms with Gasteiger partial charge in [0.05, 0.1) is 10.6 Å². The fourth-order valence-corrected chi connectivity index (χ4v) is 3.43. The molecule has 2 nitrogen and oxygen atoms in total. The monoisotopic (exact) mass is 343 g/mol. The molecule has 0 amide bonds. The maximum atomic E-state index is 13.3. The van der Waals surface area contributed by atoms with E-state index in [1.165, 1.54) is 18.9 Å². The molecule has 0 spiro atoms. The van der Waals surface area contributed by atoms with Crippen LogP contribution in [0, 0.1) is 5.82 Å². The van der Waals surface area contributed by atoms with Gasteiger partial charge in [-0.2, -0.15) is 0 Å². The number of halogens is 2. The molecule has 1 N–H and O–H groups in total. The van der Waals surface area contributed by atoms with Crippen molar-refractivity contribution in [1.82, 2.24) is 4.90 Å². The van der Waals surface area contributed by atoms with Gasteiger partial charge in [0.15, 0.2) is 0 Å². The molecule has 1 aromatic carbocycles. The second-order valence-corrected chi connectivity index (χ2v) is 6.73. The zero-order chi connectivity index (χ0) is 14.8. The summed E-state index contributed by atoms with van der Waals surface area (Å²) in [5, 5.41) is 10.7. The average molecular weight is 344 g/mol. The summed E-state index contributed by atoms with van der Waals surface area (Å²) in [6.45, 7) is 6.40. The van der Waals surface area contributed by atoms with Crippen molar-refractivity contribution in [2.24, 2.45) is 0 Å². The highest BCUT2D eigenvalue weighted by molar-refractivity contribution is 9.10. The van der Waals surface area contributed by atoms with E-state index in [2.05, 4.69) is 34.7 Å². The van der Waals surface area contributed by atoms with Crippen molar-refractivity contribution in [3.8, 4) is 0 Å². The van der Waals surface area contributed by atoms with E-state index in [9.17, 15) is 9.50 Å². The Morgan fingerprint density at radius 1 is 1.40 bits per heavy atom. The topological polar surface area (TPSA) is 23.5 Å². The fraction of sp³-hybridized carbons (Fsp3) is 0.625. The maximum Gasteiger partial charge on any atom is 0.137 e. The Balaban J connectivity index is 2.12. The van der Waals surface area contributed by atoms with Crippen molar-refractivity contribution < 1.29 is 9.50 Å². The van der Waals surface area contributed by atoms with Crippen LogP contribution in [0.25, 0.3) is 0 Å². The molecule has 1 aromatic rings. The lowest BCUT2D eigenvalue weighted by molar-refractivity contribution is -0.0117. The lowest BCUT2D eigenvalue weighted by Gasteiger charge is -2.42. The van der Waals surface area contributed by atoms with E-state index in [1.54, 1.807) is 12.1 Å². The summed E-state index contributed by atoms with van der Waals surface area (Å²) in [4.78, 5) is 2.40. The molecule has 112 valence electrons. The SMILES string of the molecule is CCC(C)(C(O)Cc1ccc(F)c(Br)c1)N1CCCC1. The highest BCUT2D eigenvalue weighted by atomic mass is 79.9. The molecule has 0 aliphatic carbocycles. The first-order valence-corrected chi connectivity index (χ1v) is 8.13. The molecule has 0 bridgehead atoms. The quantitative estimate of drug-likeness (QED) is 0.879. The number of benzene rings is 1. The normalized spacial score (nSPS) is 20.9. The molecule has 1 saturated heterocycles. The molecule has 4 heteroatoms. The van der Waals surface area contributed by atoms with Gasteiger partial charge < -0.3 is 5.11 Å². The second kappa shape index (κ2) is 6.54. The van der Waals surface area contributed by atoms with Gasteiger partial charge in [-0.05, 0) is 72.9 Å². The Labute approximate surface area is 129 Å². The first-order chi connectivity index (χ1) is 9.47. The van der Waals surface area contributed by atoms with E-state index in [1.807, 2.05) is 0 Å². The zero-order valence-corrected chi connectivity index (χ0v) is 13.8. The van der Waals surface area contributed by atoms with Crippen molar-refractivity contribution in [2.45, 2.75) is 51.2 Å². The van der Waals surface area contributed by atoms with E-state index >= 15 is 0 Å². The van der Waals surface area contributed by atoms with Gasteiger partial charge in [0.2, 0.25) is 0 Å². The van der Waals surface area contributed by atoms with E-state index in [-0.39, 0.29) is 11.4 Å². The highest BCUT2D eigenvalue weighted by Crippen LogP contribution is 2.30. The number of hydrogen-bond acceptors (Lipinski definition) is 2. The van der Waals surface area contributed by atoms with Crippen LogP contribution in [-0.2, 0) is 6.42 Å². The molecule has 0 aromatic heterocycles. The smallest absolute Gasteiger partial charge is 0.137 e. The van der Waals surface area contributed by atoms with Gasteiger partial charge >= 0.3 is 0 Å². The summed E-state index contributed by atoms with van der Waals surface area (Å²) in [5.41, 5.74) is 0.766. The van der Waals surface area contributed by atoms with Crippen LogP contribution >= 0.6 is 15.9 Å². The Morgan fingerprint density at radius 3 is 2.60 bits per heavy atom. The van der Waals surface area contributed by atoms with Crippen molar-refractivity contribution in [2.75, 3.05) is 13.1 Å². The van der Waals surface area contributed by atoms with E-state index in [0.29, 0.717) is 10.9 Å². The van der Waals surface area contributed by atoms with Crippen LogP contribution in [0.5, 0.6) is 0 Å². The maximum absolute atomic E-state index is 13.3. The number of likely N-dealkylation sites (tertiary alicyclic amines) is 1. The van der Waals surface area contributed by atoms with E-state index < -0.39 is 6.10 Å². The third kappa shape index (κ3) is 3.23. The summed E-state index contributed by atoms with van der Waals surface area (Å²) >= 11 is 3.20. The molecule has 1 aliphatic heterocycles. The number of aliphatic hydroxyl groups is 1. The van der Waals surface area contributed by atoms with Crippen molar-refractivity contribution in [3.63, 3.8) is 0 Å². The molecule has 1 heterocycles. The molecule has 1 fully saturated rings. The molecule has 1 aliphatic rings. The van der Waals surface area contributed by atoms with Crippen LogP contribution in [0.2, 0.25) is 0 Å². The van der Waals surface area contributed by atoms with Gasteiger partial charge in [0.1, 0.15) is 5.82 Å². The molecule has 2 unspecified atom stereocenters.